The first-order valence-electron chi connectivity index (χ1n) is 2.21. The van der Waals surface area contributed by atoms with Gasteiger partial charge in [0.2, 0.25) is 6.10 Å². The summed E-state index contributed by atoms with van der Waals surface area (Å²) in [5.74, 6) is -1.74. The molecule has 0 aromatic carbocycles. The van der Waals surface area contributed by atoms with Gasteiger partial charge in [-0.05, 0) is 0 Å². The van der Waals surface area contributed by atoms with E-state index in [1.807, 2.05) is 0 Å². The van der Waals surface area contributed by atoms with Crippen molar-refractivity contribution in [2.24, 2.45) is 11.5 Å². The first kappa shape index (κ1) is 7.90. The third-order valence-electron chi connectivity index (χ3n) is 0.753. The van der Waals surface area contributed by atoms with Crippen molar-refractivity contribution in [3.8, 4) is 0 Å². The van der Waals surface area contributed by atoms with Crippen molar-refractivity contribution in [2.75, 3.05) is 7.11 Å². The van der Waals surface area contributed by atoms with Crippen LogP contribution in [0.5, 0.6) is 0 Å². The molecule has 0 atom stereocenters. The van der Waals surface area contributed by atoms with Crippen LogP contribution >= 0.6 is 0 Å². The molecule has 0 heterocycles. The highest BCUT2D eigenvalue weighted by Crippen LogP contribution is 1.84. The fourth-order valence-corrected chi connectivity index (χ4v) is 0.373. The summed E-state index contributed by atoms with van der Waals surface area (Å²) in [5, 5.41) is 0. The predicted octanol–water partition coefficient (Wildman–Crippen LogP) is -2.03. The highest BCUT2D eigenvalue weighted by atomic mass is 16.5. The summed E-state index contributed by atoms with van der Waals surface area (Å²) in [5.41, 5.74) is 9.37. The van der Waals surface area contributed by atoms with E-state index in [1.165, 1.54) is 7.11 Å². The van der Waals surface area contributed by atoms with Crippen molar-refractivity contribution in [1.29, 1.82) is 0 Å². The average Bonchev–Trinajstić information content (AvgIpc) is 1.64. The van der Waals surface area contributed by atoms with Gasteiger partial charge >= 0.3 is 0 Å². The zero-order valence-corrected chi connectivity index (χ0v) is 4.96. The summed E-state index contributed by atoms with van der Waals surface area (Å²) in [6.45, 7) is 0. The van der Waals surface area contributed by atoms with E-state index < -0.39 is 17.9 Å². The highest BCUT2D eigenvalue weighted by molar-refractivity contribution is 6.01. The second-order valence-corrected chi connectivity index (χ2v) is 1.42. The summed E-state index contributed by atoms with van der Waals surface area (Å²) in [6.07, 6.45) is -1.30. The molecule has 2 amide bonds. The number of ether oxygens (including phenoxy) is 1. The summed E-state index contributed by atoms with van der Waals surface area (Å²) >= 11 is 0. The lowest BCUT2D eigenvalue weighted by molar-refractivity contribution is -0.139. The minimum absolute atomic E-state index is 0.870. The number of nitrogens with two attached hydrogens (primary N) is 2. The standard InChI is InChI=1S/C4H8N2O3/c1-9-2(3(5)7)4(6)8/h2H,1H3,(H2,5,7)(H2,6,8). The van der Waals surface area contributed by atoms with Crippen molar-refractivity contribution in [3.63, 3.8) is 0 Å². The second kappa shape index (κ2) is 3.03. The third kappa shape index (κ3) is 2.09. The van der Waals surface area contributed by atoms with Crippen molar-refractivity contribution in [1.82, 2.24) is 0 Å². The van der Waals surface area contributed by atoms with E-state index in [9.17, 15) is 9.59 Å². The number of rotatable bonds is 3. The quantitative estimate of drug-likeness (QED) is 0.433. The van der Waals surface area contributed by atoms with Crippen LogP contribution in [-0.4, -0.2) is 25.0 Å². The van der Waals surface area contributed by atoms with Crippen LogP contribution in [0.1, 0.15) is 0 Å². The van der Waals surface area contributed by atoms with E-state index >= 15 is 0 Å². The molecule has 5 heteroatoms. The van der Waals surface area contributed by atoms with Crippen LogP contribution in [0.25, 0.3) is 0 Å². The SMILES string of the molecule is COC(C(N)=O)C(N)=O. The van der Waals surface area contributed by atoms with Gasteiger partial charge in [0, 0.05) is 7.11 Å². The lowest BCUT2D eigenvalue weighted by Gasteiger charge is -2.04. The number of hydrogen-bond acceptors (Lipinski definition) is 3. The van der Waals surface area contributed by atoms with Crippen molar-refractivity contribution >= 4 is 11.8 Å². The summed E-state index contributed by atoms with van der Waals surface area (Å²) in [4.78, 5) is 20.3. The number of amides is 2. The Balaban J connectivity index is 3.99. The van der Waals surface area contributed by atoms with Gasteiger partial charge in [-0.1, -0.05) is 0 Å². The van der Waals surface area contributed by atoms with Crippen LogP contribution in [0.3, 0.4) is 0 Å². The first-order chi connectivity index (χ1) is 4.09. The van der Waals surface area contributed by atoms with Gasteiger partial charge in [-0.2, -0.15) is 0 Å². The summed E-state index contributed by atoms with van der Waals surface area (Å²) in [7, 11) is 1.18. The summed E-state index contributed by atoms with van der Waals surface area (Å²) < 4.78 is 4.32. The fraction of sp³-hybridized carbons (Fsp3) is 0.500. The molecular weight excluding hydrogens is 124 g/mol. The van der Waals surface area contributed by atoms with Crippen molar-refractivity contribution < 1.29 is 14.3 Å². The Morgan fingerprint density at radius 3 is 1.67 bits per heavy atom. The number of primary amides is 2. The molecule has 0 saturated carbocycles. The van der Waals surface area contributed by atoms with E-state index in [1.54, 1.807) is 0 Å². The molecule has 0 aromatic heterocycles. The lowest BCUT2D eigenvalue weighted by atomic mass is 10.3. The maximum Gasteiger partial charge on any atom is 0.256 e. The number of hydrogen-bond donors (Lipinski definition) is 2. The van der Waals surface area contributed by atoms with Crippen molar-refractivity contribution in [3.05, 3.63) is 0 Å². The minimum atomic E-state index is -1.30. The Hall–Kier alpha value is -1.10. The molecule has 0 rings (SSSR count). The summed E-state index contributed by atoms with van der Waals surface area (Å²) in [6, 6.07) is 0. The Morgan fingerprint density at radius 1 is 1.33 bits per heavy atom. The maximum atomic E-state index is 10.2. The molecule has 0 aliphatic carbocycles. The molecule has 0 aliphatic heterocycles. The molecule has 0 radical (unpaired) electrons. The van der Waals surface area contributed by atoms with Crippen LogP contribution in [0.2, 0.25) is 0 Å². The predicted molar refractivity (Wildman–Crippen MR) is 29.2 cm³/mol. The van der Waals surface area contributed by atoms with Crippen LogP contribution < -0.4 is 11.5 Å². The minimum Gasteiger partial charge on any atom is -0.367 e. The van der Waals surface area contributed by atoms with Gasteiger partial charge in [0.1, 0.15) is 0 Å². The molecule has 9 heavy (non-hydrogen) atoms. The molecule has 5 nitrogen and oxygen atoms in total. The van der Waals surface area contributed by atoms with Gasteiger partial charge in [-0.25, -0.2) is 0 Å². The smallest absolute Gasteiger partial charge is 0.256 e. The Labute approximate surface area is 52.0 Å². The molecule has 0 saturated heterocycles. The van der Waals surface area contributed by atoms with Crippen molar-refractivity contribution in [2.45, 2.75) is 6.10 Å². The topological polar surface area (TPSA) is 95.4 Å². The van der Waals surface area contributed by atoms with Gasteiger partial charge in [-0.3, -0.25) is 9.59 Å². The average molecular weight is 132 g/mol. The highest BCUT2D eigenvalue weighted by Gasteiger charge is 2.19. The lowest BCUT2D eigenvalue weighted by Crippen LogP contribution is -2.41. The molecule has 0 aromatic rings. The number of carbonyl (C=O) groups excluding carboxylic acids is 2. The van der Waals surface area contributed by atoms with E-state index in [0.29, 0.717) is 0 Å². The third-order valence-corrected chi connectivity index (χ3v) is 0.753. The Morgan fingerprint density at radius 2 is 1.67 bits per heavy atom. The zero-order chi connectivity index (χ0) is 7.44. The maximum absolute atomic E-state index is 10.2. The van der Waals surface area contributed by atoms with E-state index in [4.69, 9.17) is 0 Å². The van der Waals surface area contributed by atoms with Gasteiger partial charge in [-0.15, -0.1) is 0 Å². The molecule has 0 bridgehead atoms. The Kier molecular flexibility index (Phi) is 2.66. The monoisotopic (exact) mass is 132 g/mol. The zero-order valence-electron chi connectivity index (χ0n) is 4.96. The number of methoxy groups -OCH3 is 1. The van der Waals surface area contributed by atoms with E-state index in [-0.39, 0.29) is 0 Å². The molecule has 0 aliphatic rings. The molecule has 0 spiro atoms. The van der Waals surface area contributed by atoms with Gasteiger partial charge in [0.25, 0.3) is 11.8 Å². The van der Waals surface area contributed by atoms with Crippen LogP contribution in [0, 0.1) is 0 Å². The van der Waals surface area contributed by atoms with Gasteiger partial charge < -0.3 is 16.2 Å². The van der Waals surface area contributed by atoms with E-state index in [0.717, 1.165) is 0 Å². The van der Waals surface area contributed by atoms with Gasteiger partial charge in [0.05, 0.1) is 0 Å². The molecular formula is C4H8N2O3. The second-order valence-electron chi connectivity index (χ2n) is 1.42. The van der Waals surface area contributed by atoms with Crippen LogP contribution in [-0.2, 0) is 14.3 Å². The number of carbonyl (C=O) groups is 2. The molecule has 4 N–H and O–H groups in total. The normalized spacial score (nSPS) is 9.56. The Bertz CT molecular complexity index is 120. The van der Waals surface area contributed by atoms with Crippen LogP contribution in [0.4, 0.5) is 0 Å². The fourth-order valence-electron chi connectivity index (χ4n) is 0.373. The molecule has 0 unspecified atom stereocenters. The largest absolute Gasteiger partial charge is 0.367 e. The first-order valence-corrected chi connectivity index (χ1v) is 2.21. The van der Waals surface area contributed by atoms with Crippen LogP contribution in [0.15, 0.2) is 0 Å². The van der Waals surface area contributed by atoms with E-state index in [2.05, 4.69) is 16.2 Å². The van der Waals surface area contributed by atoms with Gasteiger partial charge in [0.15, 0.2) is 0 Å². The molecule has 52 valence electrons. The molecule has 0 fully saturated rings.